The normalized spacial score (nSPS) is 11.5. The molecular formula is C13H14FN3. The topological polar surface area (TPSA) is 51.8 Å². The van der Waals surface area contributed by atoms with Crippen molar-refractivity contribution in [1.82, 2.24) is 9.97 Å². The molecule has 0 spiro atoms. The molecule has 0 aliphatic heterocycles. The highest BCUT2D eigenvalue weighted by Gasteiger charge is 2.17. The molecule has 4 heteroatoms. The van der Waals surface area contributed by atoms with Gasteiger partial charge in [-0.1, -0.05) is 18.2 Å². The number of hydrogen-bond acceptors (Lipinski definition) is 3. The van der Waals surface area contributed by atoms with Crippen molar-refractivity contribution < 1.29 is 4.39 Å². The van der Waals surface area contributed by atoms with Gasteiger partial charge in [0.2, 0.25) is 0 Å². The number of halogens is 1. The van der Waals surface area contributed by atoms with Gasteiger partial charge in [-0.2, -0.15) is 0 Å². The molecule has 0 amide bonds. The number of nitrogens with zero attached hydrogens (tertiary/aromatic N) is 2. The lowest BCUT2D eigenvalue weighted by molar-refractivity contribution is 0.514. The molecule has 0 aliphatic rings. The van der Waals surface area contributed by atoms with Crippen LogP contribution in [0.5, 0.6) is 0 Å². The Morgan fingerprint density at radius 2 is 1.71 bits per heavy atom. The molecule has 2 aromatic rings. The second-order valence-corrected chi connectivity index (χ2v) is 4.50. The summed E-state index contributed by atoms with van der Waals surface area (Å²) in [5, 5.41) is 0. The van der Waals surface area contributed by atoms with Gasteiger partial charge in [-0.15, -0.1) is 0 Å². The van der Waals surface area contributed by atoms with Crippen LogP contribution >= 0.6 is 0 Å². The van der Waals surface area contributed by atoms with Crippen molar-refractivity contribution in [2.75, 3.05) is 0 Å². The Hall–Kier alpha value is -1.81. The summed E-state index contributed by atoms with van der Waals surface area (Å²) < 4.78 is 13.5. The third-order valence-corrected chi connectivity index (χ3v) is 2.41. The zero-order chi connectivity index (χ0) is 12.5. The quantitative estimate of drug-likeness (QED) is 0.863. The van der Waals surface area contributed by atoms with E-state index in [1.165, 1.54) is 6.07 Å². The Morgan fingerprint density at radius 3 is 2.24 bits per heavy atom. The van der Waals surface area contributed by atoms with E-state index in [2.05, 4.69) is 9.97 Å². The van der Waals surface area contributed by atoms with Gasteiger partial charge in [0.15, 0.2) is 0 Å². The predicted molar refractivity (Wildman–Crippen MR) is 64.6 cm³/mol. The van der Waals surface area contributed by atoms with E-state index in [-0.39, 0.29) is 5.82 Å². The van der Waals surface area contributed by atoms with Crippen LogP contribution in [0.1, 0.15) is 19.7 Å². The lowest BCUT2D eigenvalue weighted by Crippen LogP contribution is -2.31. The fourth-order valence-corrected chi connectivity index (χ4v) is 1.50. The molecule has 1 aromatic carbocycles. The smallest absolute Gasteiger partial charge is 0.147 e. The van der Waals surface area contributed by atoms with E-state index in [0.29, 0.717) is 17.0 Å². The number of rotatable bonds is 2. The molecule has 88 valence electrons. The molecule has 0 radical (unpaired) electrons. The van der Waals surface area contributed by atoms with E-state index in [1.54, 1.807) is 30.6 Å². The van der Waals surface area contributed by atoms with Crippen LogP contribution in [0.3, 0.4) is 0 Å². The molecule has 0 bridgehead atoms. The Morgan fingerprint density at radius 1 is 1.12 bits per heavy atom. The summed E-state index contributed by atoms with van der Waals surface area (Å²) in [6.45, 7) is 3.65. The zero-order valence-corrected chi connectivity index (χ0v) is 9.81. The van der Waals surface area contributed by atoms with Crippen molar-refractivity contribution in [3.8, 4) is 11.1 Å². The van der Waals surface area contributed by atoms with Gasteiger partial charge in [0.05, 0.1) is 5.54 Å². The summed E-state index contributed by atoms with van der Waals surface area (Å²) >= 11 is 0. The first-order valence-corrected chi connectivity index (χ1v) is 5.35. The largest absolute Gasteiger partial charge is 0.319 e. The van der Waals surface area contributed by atoms with Crippen LogP contribution in [0.25, 0.3) is 11.1 Å². The first-order chi connectivity index (χ1) is 7.98. The maximum absolute atomic E-state index is 13.5. The lowest BCUT2D eigenvalue weighted by Gasteiger charge is -2.16. The highest BCUT2D eigenvalue weighted by molar-refractivity contribution is 5.61. The minimum atomic E-state index is -0.590. The first-order valence-electron chi connectivity index (χ1n) is 5.35. The van der Waals surface area contributed by atoms with E-state index >= 15 is 0 Å². The summed E-state index contributed by atoms with van der Waals surface area (Å²) in [6.07, 6.45) is 3.19. The van der Waals surface area contributed by atoms with Gasteiger partial charge in [0.1, 0.15) is 11.6 Å². The number of aromatic nitrogens is 2. The van der Waals surface area contributed by atoms with Crippen LogP contribution in [-0.4, -0.2) is 9.97 Å². The van der Waals surface area contributed by atoms with Crippen LogP contribution in [-0.2, 0) is 5.54 Å². The average molecular weight is 231 g/mol. The first kappa shape index (κ1) is 11.7. The van der Waals surface area contributed by atoms with Crippen LogP contribution < -0.4 is 5.73 Å². The maximum atomic E-state index is 13.5. The lowest BCUT2D eigenvalue weighted by atomic mass is 10.1. The van der Waals surface area contributed by atoms with Crippen molar-refractivity contribution in [2.24, 2.45) is 5.73 Å². The Bertz CT molecular complexity index is 515. The summed E-state index contributed by atoms with van der Waals surface area (Å²) in [5.74, 6) is 0.258. The molecule has 2 rings (SSSR count). The number of nitrogens with two attached hydrogens (primary N) is 1. The fraction of sp³-hybridized carbons (Fsp3) is 0.231. The molecule has 0 fully saturated rings. The fourth-order valence-electron chi connectivity index (χ4n) is 1.50. The minimum absolute atomic E-state index is 0.282. The van der Waals surface area contributed by atoms with Crippen LogP contribution in [0.2, 0.25) is 0 Å². The highest BCUT2D eigenvalue weighted by Crippen LogP contribution is 2.21. The van der Waals surface area contributed by atoms with Gasteiger partial charge in [0.25, 0.3) is 0 Å². The molecule has 1 aromatic heterocycles. The second kappa shape index (κ2) is 4.22. The number of benzene rings is 1. The molecule has 3 nitrogen and oxygen atoms in total. The van der Waals surface area contributed by atoms with E-state index in [0.717, 1.165) is 0 Å². The van der Waals surface area contributed by atoms with Crippen molar-refractivity contribution in [1.29, 1.82) is 0 Å². The summed E-state index contributed by atoms with van der Waals surface area (Å²) in [4.78, 5) is 8.33. The molecule has 0 aliphatic carbocycles. The predicted octanol–water partition coefficient (Wildman–Crippen LogP) is 2.48. The Balaban J connectivity index is 2.40. The molecule has 17 heavy (non-hydrogen) atoms. The highest BCUT2D eigenvalue weighted by atomic mass is 19.1. The molecule has 1 heterocycles. The summed E-state index contributed by atoms with van der Waals surface area (Å²) in [7, 11) is 0. The van der Waals surface area contributed by atoms with Crippen molar-refractivity contribution in [3.63, 3.8) is 0 Å². The minimum Gasteiger partial charge on any atom is -0.319 e. The summed E-state index contributed by atoms with van der Waals surface area (Å²) in [5.41, 5.74) is 6.43. The third kappa shape index (κ3) is 2.47. The van der Waals surface area contributed by atoms with Gasteiger partial charge in [-0.3, -0.25) is 0 Å². The van der Waals surface area contributed by atoms with Crippen molar-refractivity contribution in [3.05, 3.63) is 48.3 Å². The second-order valence-electron chi connectivity index (χ2n) is 4.50. The number of hydrogen-bond donors (Lipinski definition) is 1. The monoisotopic (exact) mass is 231 g/mol. The van der Waals surface area contributed by atoms with E-state index in [4.69, 9.17) is 5.73 Å². The average Bonchev–Trinajstić information content (AvgIpc) is 2.29. The maximum Gasteiger partial charge on any atom is 0.147 e. The van der Waals surface area contributed by atoms with E-state index < -0.39 is 5.54 Å². The van der Waals surface area contributed by atoms with Gasteiger partial charge in [-0.05, 0) is 19.9 Å². The Labute approximate surface area is 99.5 Å². The Kier molecular flexibility index (Phi) is 2.90. The van der Waals surface area contributed by atoms with Crippen molar-refractivity contribution in [2.45, 2.75) is 19.4 Å². The van der Waals surface area contributed by atoms with Gasteiger partial charge < -0.3 is 5.73 Å². The molecule has 0 saturated heterocycles. The van der Waals surface area contributed by atoms with E-state index in [1.807, 2.05) is 13.8 Å². The van der Waals surface area contributed by atoms with Gasteiger partial charge in [-0.25, -0.2) is 14.4 Å². The molecule has 2 N–H and O–H groups in total. The SMILES string of the molecule is CC(C)(N)c1ncc(-c2ccccc2F)cn1. The third-order valence-electron chi connectivity index (χ3n) is 2.41. The molecule has 0 saturated carbocycles. The summed E-state index contributed by atoms with van der Waals surface area (Å²) in [6, 6.07) is 6.54. The standard InChI is InChI=1S/C13H14FN3/c1-13(2,15)12-16-7-9(8-17-12)10-5-3-4-6-11(10)14/h3-8H,15H2,1-2H3. The zero-order valence-electron chi connectivity index (χ0n) is 9.81. The molecular weight excluding hydrogens is 217 g/mol. The molecule has 0 atom stereocenters. The van der Waals surface area contributed by atoms with Gasteiger partial charge in [0, 0.05) is 23.5 Å². The molecule has 0 unspecified atom stereocenters. The van der Waals surface area contributed by atoms with Crippen LogP contribution in [0.15, 0.2) is 36.7 Å². The van der Waals surface area contributed by atoms with Crippen LogP contribution in [0.4, 0.5) is 4.39 Å². The van der Waals surface area contributed by atoms with Gasteiger partial charge >= 0.3 is 0 Å². The van der Waals surface area contributed by atoms with Crippen molar-refractivity contribution >= 4 is 0 Å². The van der Waals surface area contributed by atoms with Crippen LogP contribution in [0, 0.1) is 5.82 Å². The van der Waals surface area contributed by atoms with E-state index in [9.17, 15) is 4.39 Å².